The Morgan fingerprint density at radius 2 is 1.97 bits per heavy atom. The number of nitrogens with two attached hydrogens (primary N) is 1. The molecule has 0 radical (unpaired) electrons. The Morgan fingerprint density at radius 1 is 1.24 bits per heavy atom. The van der Waals surface area contributed by atoms with Gasteiger partial charge in [0, 0.05) is 24.2 Å². The second-order valence-corrected chi connectivity index (χ2v) is 7.88. The van der Waals surface area contributed by atoms with E-state index < -0.39 is 17.7 Å². The Balaban J connectivity index is 1.60. The molecule has 33 heavy (non-hydrogen) atoms. The number of nitrogen functional groups attached to an aromatic ring is 1. The molecule has 3 aromatic rings. The summed E-state index contributed by atoms with van der Waals surface area (Å²) in [5.41, 5.74) is 7.35. The number of carbonyl (C=O) groups is 1. The molecule has 2 atom stereocenters. The molecule has 2 aromatic carbocycles. The third kappa shape index (κ3) is 4.30. The molecule has 0 saturated carbocycles. The van der Waals surface area contributed by atoms with Crippen LogP contribution in [0.15, 0.2) is 42.5 Å². The second-order valence-electron chi connectivity index (χ2n) is 7.88. The Hall–Kier alpha value is -4.13. The number of hydrogen-bond donors (Lipinski definition) is 2. The molecule has 1 aromatic heterocycles. The Labute approximate surface area is 188 Å². The average molecular weight is 453 g/mol. The molecule has 1 fully saturated rings. The molecule has 8 nitrogen and oxygen atoms in total. The fraction of sp³-hybridized carbons (Fsp3) is 0.261. The van der Waals surface area contributed by atoms with E-state index >= 15 is 0 Å². The summed E-state index contributed by atoms with van der Waals surface area (Å²) in [6, 6.07) is 11.1. The van der Waals surface area contributed by atoms with E-state index in [2.05, 4.69) is 11.2 Å². The summed E-state index contributed by atoms with van der Waals surface area (Å²) in [6.45, 7) is 2.08. The molecule has 3 N–H and O–H groups in total. The van der Waals surface area contributed by atoms with Gasteiger partial charge in [-0.15, -0.1) is 0 Å². The first kappa shape index (κ1) is 22.1. The van der Waals surface area contributed by atoms with Crippen molar-refractivity contribution in [3.63, 3.8) is 0 Å². The van der Waals surface area contributed by atoms with Crippen molar-refractivity contribution in [1.82, 2.24) is 14.7 Å². The second kappa shape index (κ2) is 8.78. The number of halogens is 2. The summed E-state index contributed by atoms with van der Waals surface area (Å²) >= 11 is 0. The van der Waals surface area contributed by atoms with E-state index in [4.69, 9.17) is 10.5 Å². The van der Waals surface area contributed by atoms with Gasteiger partial charge in [0.1, 0.15) is 34.7 Å². The zero-order valence-corrected chi connectivity index (χ0v) is 17.7. The van der Waals surface area contributed by atoms with Gasteiger partial charge in [-0.2, -0.15) is 10.4 Å². The van der Waals surface area contributed by atoms with Gasteiger partial charge in [-0.05, 0) is 56.2 Å². The van der Waals surface area contributed by atoms with Crippen molar-refractivity contribution >= 4 is 11.9 Å². The molecule has 2 unspecified atom stereocenters. The summed E-state index contributed by atoms with van der Waals surface area (Å²) in [4.78, 5) is 12.9. The van der Waals surface area contributed by atoms with Crippen LogP contribution in [0.5, 0.6) is 11.5 Å². The van der Waals surface area contributed by atoms with Crippen LogP contribution in [-0.4, -0.2) is 38.5 Å². The SMILES string of the molecule is CC1CCC(n2nc(-c3ccc(Oc4ccc(F)cc4F)cc3)c(C#N)c2N)CN1C(=O)O. The van der Waals surface area contributed by atoms with Crippen molar-refractivity contribution in [2.24, 2.45) is 0 Å². The van der Waals surface area contributed by atoms with Crippen molar-refractivity contribution < 1.29 is 23.4 Å². The normalized spacial score (nSPS) is 18.1. The number of nitrogens with zero attached hydrogens (tertiary/aromatic N) is 4. The molecule has 2 heterocycles. The van der Waals surface area contributed by atoms with Crippen LogP contribution in [0.1, 0.15) is 31.4 Å². The first-order valence-electron chi connectivity index (χ1n) is 10.3. The fourth-order valence-electron chi connectivity index (χ4n) is 3.96. The number of likely N-dealkylation sites (tertiary alicyclic amines) is 1. The number of ether oxygens (including phenoxy) is 1. The summed E-state index contributed by atoms with van der Waals surface area (Å²) < 4.78 is 33.9. The van der Waals surface area contributed by atoms with Crippen LogP contribution in [0.3, 0.4) is 0 Å². The predicted molar refractivity (Wildman–Crippen MR) is 116 cm³/mol. The number of carboxylic acid groups (broad SMARTS) is 1. The topological polar surface area (TPSA) is 117 Å². The highest BCUT2D eigenvalue weighted by molar-refractivity contribution is 5.73. The number of aromatic nitrogens is 2. The Morgan fingerprint density at radius 3 is 2.61 bits per heavy atom. The zero-order valence-electron chi connectivity index (χ0n) is 17.7. The molecule has 4 rings (SSSR count). The van der Waals surface area contributed by atoms with E-state index in [0.29, 0.717) is 29.8 Å². The van der Waals surface area contributed by atoms with Crippen LogP contribution < -0.4 is 10.5 Å². The lowest BCUT2D eigenvalue weighted by molar-refractivity contribution is 0.0926. The molecule has 10 heteroatoms. The van der Waals surface area contributed by atoms with E-state index in [1.165, 1.54) is 15.6 Å². The van der Waals surface area contributed by atoms with E-state index in [1.807, 2.05) is 6.92 Å². The smallest absolute Gasteiger partial charge is 0.407 e. The van der Waals surface area contributed by atoms with Crippen LogP contribution in [-0.2, 0) is 0 Å². The first-order valence-corrected chi connectivity index (χ1v) is 10.3. The number of piperidine rings is 1. The van der Waals surface area contributed by atoms with Crippen molar-refractivity contribution in [2.75, 3.05) is 12.3 Å². The zero-order chi connectivity index (χ0) is 23.7. The van der Waals surface area contributed by atoms with Crippen molar-refractivity contribution in [2.45, 2.75) is 31.8 Å². The fourth-order valence-corrected chi connectivity index (χ4v) is 3.96. The quantitative estimate of drug-likeness (QED) is 0.587. The van der Waals surface area contributed by atoms with E-state index in [1.54, 1.807) is 24.3 Å². The maximum atomic E-state index is 13.8. The van der Waals surface area contributed by atoms with Gasteiger partial charge in [0.15, 0.2) is 11.6 Å². The highest BCUT2D eigenvalue weighted by Gasteiger charge is 2.32. The van der Waals surface area contributed by atoms with E-state index in [-0.39, 0.29) is 35.8 Å². The van der Waals surface area contributed by atoms with E-state index in [0.717, 1.165) is 12.1 Å². The third-order valence-electron chi connectivity index (χ3n) is 5.76. The summed E-state index contributed by atoms with van der Waals surface area (Å²) in [6.07, 6.45) is 0.322. The number of rotatable bonds is 4. The van der Waals surface area contributed by atoms with Crippen molar-refractivity contribution in [3.8, 4) is 28.8 Å². The maximum Gasteiger partial charge on any atom is 0.407 e. The number of anilines is 1. The average Bonchev–Trinajstić information content (AvgIpc) is 3.12. The minimum atomic E-state index is -1.01. The molecule has 1 aliphatic rings. The highest BCUT2D eigenvalue weighted by atomic mass is 19.1. The van der Waals surface area contributed by atoms with Crippen LogP contribution in [0, 0.1) is 23.0 Å². The largest absolute Gasteiger partial charge is 0.465 e. The number of benzene rings is 2. The van der Waals surface area contributed by atoms with Gasteiger partial charge < -0.3 is 20.5 Å². The molecular weight excluding hydrogens is 432 g/mol. The third-order valence-corrected chi connectivity index (χ3v) is 5.76. The minimum Gasteiger partial charge on any atom is -0.465 e. The predicted octanol–water partition coefficient (Wildman–Crippen LogP) is 4.78. The molecular formula is C23H21F2N5O3. The lowest BCUT2D eigenvalue weighted by atomic mass is 10.00. The molecule has 0 bridgehead atoms. The molecule has 1 aliphatic heterocycles. The van der Waals surface area contributed by atoms with E-state index in [9.17, 15) is 23.9 Å². The summed E-state index contributed by atoms with van der Waals surface area (Å²) in [5, 5.41) is 23.7. The molecule has 0 aliphatic carbocycles. The van der Waals surface area contributed by atoms with Gasteiger partial charge in [-0.1, -0.05) is 0 Å². The van der Waals surface area contributed by atoms with Crippen LogP contribution in [0.25, 0.3) is 11.3 Å². The molecule has 170 valence electrons. The monoisotopic (exact) mass is 453 g/mol. The van der Waals surface area contributed by atoms with Gasteiger partial charge in [0.25, 0.3) is 0 Å². The number of amides is 1. The van der Waals surface area contributed by atoms with Crippen molar-refractivity contribution in [3.05, 3.63) is 59.7 Å². The maximum absolute atomic E-state index is 13.8. The van der Waals surface area contributed by atoms with Gasteiger partial charge in [0.2, 0.25) is 0 Å². The Bertz CT molecular complexity index is 1240. The van der Waals surface area contributed by atoms with Gasteiger partial charge in [-0.3, -0.25) is 0 Å². The number of hydrogen-bond acceptors (Lipinski definition) is 5. The minimum absolute atomic E-state index is 0.107. The Kier molecular flexibility index (Phi) is 5.87. The lowest BCUT2D eigenvalue weighted by Gasteiger charge is -2.36. The van der Waals surface area contributed by atoms with Crippen LogP contribution in [0.2, 0.25) is 0 Å². The summed E-state index contributed by atoms with van der Waals surface area (Å²) in [5.74, 6) is -1.16. The number of nitriles is 1. The standard InChI is InChI=1S/C23H21F2N5O3/c1-13-2-6-16(12-29(13)23(31)32)30-22(27)18(11-26)21(28-30)14-3-7-17(8-4-14)33-20-9-5-15(24)10-19(20)25/h3-5,7-10,13,16H,2,6,12,27H2,1H3,(H,31,32). The highest BCUT2D eigenvalue weighted by Crippen LogP contribution is 2.34. The summed E-state index contributed by atoms with van der Waals surface area (Å²) in [7, 11) is 0. The van der Waals surface area contributed by atoms with Crippen molar-refractivity contribution in [1.29, 1.82) is 5.26 Å². The van der Waals surface area contributed by atoms with Crippen LogP contribution in [0.4, 0.5) is 19.4 Å². The van der Waals surface area contributed by atoms with Gasteiger partial charge in [0.05, 0.1) is 6.04 Å². The lowest BCUT2D eigenvalue weighted by Crippen LogP contribution is -2.45. The van der Waals surface area contributed by atoms with Gasteiger partial charge in [-0.25, -0.2) is 18.3 Å². The molecule has 0 spiro atoms. The van der Waals surface area contributed by atoms with Crippen LogP contribution >= 0.6 is 0 Å². The van der Waals surface area contributed by atoms with Gasteiger partial charge >= 0.3 is 6.09 Å². The molecule has 1 saturated heterocycles. The first-order chi connectivity index (χ1) is 15.8. The molecule has 1 amide bonds.